The minimum Gasteiger partial charge on any atom is -0.368 e. The van der Waals surface area contributed by atoms with Crippen molar-refractivity contribution in [2.24, 2.45) is 4.40 Å². The summed E-state index contributed by atoms with van der Waals surface area (Å²) >= 11 is 0. The molecular weight excluding hydrogens is 371 g/mol. The van der Waals surface area contributed by atoms with Gasteiger partial charge in [0.15, 0.2) is 5.84 Å². The monoisotopic (exact) mass is 390 g/mol. The van der Waals surface area contributed by atoms with Crippen LogP contribution >= 0.6 is 0 Å². The second-order valence-corrected chi connectivity index (χ2v) is 8.33. The van der Waals surface area contributed by atoms with E-state index in [0.717, 1.165) is 5.69 Å². The Balaban J connectivity index is 1.48. The average molecular weight is 390 g/mol. The van der Waals surface area contributed by atoms with Gasteiger partial charge in [-0.2, -0.15) is 0 Å². The van der Waals surface area contributed by atoms with Crippen molar-refractivity contribution in [1.82, 2.24) is 9.80 Å². The Morgan fingerprint density at radius 1 is 1.04 bits per heavy atom. The average Bonchev–Trinajstić information content (AvgIpc) is 2.67. The molecule has 0 N–H and O–H groups in total. The van der Waals surface area contributed by atoms with Crippen molar-refractivity contribution < 1.29 is 17.6 Å². The van der Waals surface area contributed by atoms with Crippen molar-refractivity contribution in [1.29, 1.82) is 0 Å². The lowest BCUT2D eigenvalue weighted by Crippen LogP contribution is -2.51. The highest BCUT2D eigenvalue weighted by Gasteiger charge is 2.33. The van der Waals surface area contributed by atoms with Gasteiger partial charge < -0.3 is 14.7 Å². The molecule has 0 atom stereocenters. The number of amidine groups is 1. The molecule has 0 unspecified atom stereocenters. The summed E-state index contributed by atoms with van der Waals surface area (Å²) in [5.74, 6) is -0.357. The normalized spacial score (nSPS) is 21.4. The predicted octanol–water partition coefficient (Wildman–Crippen LogP) is 0.972. The van der Waals surface area contributed by atoms with Crippen LogP contribution in [-0.2, 0) is 14.8 Å². The molecule has 142 valence electrons. The van der Waals surface area contributed by atoms with E-state index in [1.165, 1.54) is 12.1 Å². The number of carbonyl (C=O) groups excluding carboxylic acids is 1. The summed E-state index contributed by atoms with van der Waals surface area (Å²) < 4.78 is 40.6. The minimum atomic E-state index is -3.54. The van der Waals surface area contributed by atoms with Crippen LogP contribution in [0.3, 0.4) is 0 Å². The third kappa shape index (κ3) is 3.59. The van der Waals surface area contributed by atoms with E-state index in [-0.39, 0.29) is 23.3 Å². The molecule has 3 heterocycles. The van der Waals surface area contributed by atoms with Gasteiger partial charge in [-0.15, -0.1) is 4.40 Å². The number of piperazine rings is 1. The molecule has 1 aromatic rings. The van der Waals surface area contributed by atoms with E-state index in [1.807, 2.05) is 0 Å². The van der Waals surface area contributed by atoms with Crippen molar-refractivity contribution in [2.75, 3.05) is 43.4 Å². The summed E-state index contributed by atoms with van der Waals surface area (Å²) in [6, 6.07) is 6.28. The molecule has 0 aliphatic carbocycles. The van der Waals surface area contributed by atoms with Crippen LogP contribution in [0.25, 0.3) is 0 Å². The SMILES string of the molecule is O=C(C1=CC=CN2CCS(=O)(=O)N=C12)N1CCN(c2ccc(F)cc2)CC1. The Morgan fingerprint density at radius 3 is 2.44 bits per heavy atom. The fourth-order valence-corrected chi connectivity index (χ4v) is 4.36. The van der Waals surface area contributed by atoms with Gasteiger partial charge in [0.05, 0.1) is 11.3 Å². The van der Waals surface area contributed by atoms with Gasteiger partial charge in [-0.3, -0.25) is 4.79 Å². The minimum absolute atomic E-state index is 0.0569. The number of hydrogen-bond acceptors (Lipinski definition) is 5. The van der Waals surface area contributed by atoms with Crippen molar-refractivity contribution >= 4 is 27.5 Å². The van der Waals surface area contributed by atoms with Crippen LogP contribution in [-0.4, -0.2) is 68.4 Å². The molecule has 0 saturated carbocycles. The molecule has 9 heteroatoms. The second-order valence-electron chi connectivity index (χ2n) is 6.57. The van der Waals surface area contributed by atoms with Crippen LogP contribution in [0.4, 0.5) is 10.1 Å². The van der Waals surface area contributed by atoms with E-state index in [1.54, 1.807) is 40.3 Å². The zero-order valence-electron chi connectivity index (χ0n) is 14.6. The number of fused-ring (bicyclic) bond motifs is 1. The molecule has 0 aromatic heterocycles. The summed E-state index contributed by atoms with van der Waals surface area (Å²) in [6.45, 7) is 2.53. The van der Waals surface area contributed by atoms with E-state index >= 15 is 0 Å². The van der Waals surface area contributed by atoms with Crippen LogP contribution in [0.1, 0.15) is 0 Å². The smallest absolute Gasteiger partial charge is 0.257 e. The third-order valence-electron chi connectivity index (χ3n) is 4.85. The van der Waals surface area contributed by atoms with Crippen LogP contribution in [0.5, 0.6) is 0 Å². The van der Waals surface area contributed by atoms with Gasteiger partial charge in [-0.1, -0.05) is 0 Å². The van der Waals surface area contributed by atoms with E-state index in [4.69, 9.17) is 0 Å². The summed E-state index contributed by atoms with van der Waals surface area (Å²) in [5.41, 5.74) is 1.22. The summed E-state index contributed by atoms with van der Waals surface area (Å²) in [6.07, 6.45) is 5.08. The number of rotatable bonds is 2. The molecule has 1 saturated heterocycles. The Kier molecular flexibility index (Phi) is 4.47. The number of hydrogen-bond donors (Lipinski definition) is 0. The first-order valence-electron chi connectivity index (χ1n) is 8.71. The van der Waals surface area contributed by atoms with Crippen molar-refractivity contribution in [3.63, 3.8) is 0 Å². The van der Waals surface area contributed by atoms with E-state index in [0.29, 0.717) is 38.3 Å². The molecule has 0 bridgehead atoms. The molecule has 1 aromatic carbocycles. The van der Waals surface area contributed by atoms with Crippen LogP contribution < -0.4 is 4.90 Å². The van der Waals surface area contributed by atoms with Crippen molar-refractivity contribution in [2.45, 2.75) is 0 Å². The number of amides is 1. The number of carbonyl (C=O) groups is 1. The Hall–Kier alpha value is -2.68. The Labute approximate surface area is 157 Å². The van der Waals surface area contributed by atoms with Gasteiger partial charge in [0, 0.05) is 44.6 Å². The molecule has 3 aliphatic heterocycles. The topological polar surface area (TPSA) is 73.3 Å². The number of halogens is 1. The molecule has 1 fully saturated rings. The molecule has 27 heavy (non-hydrogen) atoms. The Morgan fingerprint density at radius 2 is 1.74 bits per heavy atom. The van der Waals surface area contributed by atoms with Gasteiger partial charge in [0.25, 0.3) is 15.9 Å². The molecule has 0 spiro atoms. The zero-order valence-corrected chi connectivity index (χ0v) is 15.4. The maximum Gasteiger partial charge on any atom is 0.257 e. The highest BCUT2D eigenvalue weighted by Crippen LogP contribution is 2.21. The van der Waals surface area contributed by atoms with Crippen molar-refractivity contribution in [3.8, 4) is 0 Å². The molecule has 4 rings (SSSR count). The molecule has 1 amide bonds. The lowest BCUT2D eigenvalue weighted by atomic mass is 10.1. The van der Waals surface area contributed by atoms with Gasteiger partial charge in [-0.25, -0.2) is 12.8 Å². The number of allylic oxidation sites excluding steroid dienone is 2. The van der Waals surface area contributed by atoms with Crippen molar-refractivity contribution in [3.05, 3.63) is 54.0 Å². The number of benzene rings is 1. The van der Waals surface area contributed by atoms with Gasteiger partial charge in [0.1, 0.15) is 5.82 Å². The number of sulfonamides is 1. The molecular formula is C18H19FN4O3S. The second kappa shape index (κ2) is 6.80. The third-order valence-corrected chi connectivity index (χ3v) is 6.00. The molecule has 3 aliphatic rings. The van der Waals surface area contributed by atoms with E-state index < -0.39 is 10.0 Å². The van der Waals surface area contributed by atoms with Crippen LogP contribution in [0.2, 0.25) is 0 Å². The standard InChI is InChI=1S/C18H19FN4O3S/c19-14-3-5-15(6-4-14)21-8-10-23(11-9-21)18(24)16-2-1-7-22-12-13-27(25,26)20-17(16)22/h1-7H,8-13H2. The maximum atomic E-state index is 13.1. The molecule has 0 radical (unpaired) electrons. The highest BCUT2D eigenvalue weighted by atomic mass is 32.2. The van der Waals surface area contributed by atoms with Gasteiger partial charge in [0.2, 0.25) is 0 Å². The number of anilines is 1. The zero-order chi connectivity index (χ0) is 19.0. The first kappa shape index (κ1) is 17.7. The summed E-state index contributed by atoms with van der Waals surface area (Å²) in [5, 5.41) is 0. The fraction of sp³-hybridized carbons (Fsp3) is 0.333. The first-order chi connectivity index (χ1) is 12.9. The quantitative estimate of drug-likeness (QED) is 0.753. The lowest BCUT2D eigenvalue weighted by Gasteiger charge is -2.37. The fourth-order valence-electron chi connectivity index (χ4n) is 3.37. The predicted molar refractivity (Wildman–Crippen MR) is 100 cm³/mol. The number of nitrogens with zero attached hydrogens (tertiary/aromatic N) is 4. The lowest BCUT2D eigenvalue weighted by molar-refractivity contribution is -0.126. The van der Waals surface area contributed by atoms with E-state index in [2.05, 4.69) is 9.30 Å². The van der Waals surface area contributed by atoms with E-state index in [9.17, 15) is 17.6 Å². The van der Waals surface area contributed by atoms with Gasteiger partial charge in [-0.05, 0) is 36.4 Å². The first-order valence-corrected chi connectivity index (χ1v) is 10.3. The molecule has 7 nitrogen and oxygen atoms in total. The van der Waals surface area contributed by atoms with Crippen LogP contribution in [0.15, 0.2) is 52.6 Å². The largest absolute Gasteiger partial charge is 0.368 e. The maximum absolute atomic E-state index is 13.1. The van der Waals surface area contributed by atoms with Gasteiger partial charge >= 0.3 is 0 Å². The summed E-state index contributed by atoms with van der Waals surface area (Å²) in [7, 11) is -3.54. The Bertz CT molecular complexity index is 945. The van der Waals surface area contributed by atoms with Crippen LogP contribution in [0, 0.1) is 5.82 Å². The summed E-state index contributed by atoms with van der Waals surface area (Å²) in [4.78, 5) is 18.4. The highest BCUT2D eigenvalue weighted by molar-refractivity contribution is 7.90.